The molecule has 3 atom stereocenters. The number of piperidine rings is 1. The molecule has 0 aromatic rings. The van der Waals surface area contributed by atoms with Gasteiger partial charge in [0, 0.05) is 32.2 Å². The van der Waals surface area contributed by atoms with Crippen molar-refractivity contribution in [3.05, 3.63) is 0 Å². The van der Waals surface area contributed by atoms with Crippen LogP contribution in [-0.4, -0.2) is 50.2 Å². The maximum Gasteiger partial charge on any atom is 0.225 e. The Hall–Kier alpha value is -0.610. The molecule has 0 spiro atoms. The van der Waals surface area contributed by atoms with Gasteiger partial charge in [-0.25, -0.2) is 0 Å². The van der Waals surface area contributed by atoms with E-state index in [1.807, 2.05) is 11.9 Å². The van der Waals surface area contributed by atoms with Crippen LogP contribution in [0.15, 0.2) is 0 Å². The van der Waals surface area contributed by atoms with Crippen molar-refractivity contribution in [1.29, 1.82) is 0 Å². The van der Waals surface area contributed by atoms with Gasteiger partial charge in [0.25, 0.3) is 0 Å². The lowest BCUT2D eigenvalue weighted by Crippen LogP contribution is -2.44. The van der Waals surface area contributed by atoms with Crippen molar-refractivity contribution in [2.45, 2.75) is 38.6 Å². The molecule has 2 rings (SSSR count). The van der Waals surface area contributed by atoms with Crippen molar-refractivity contribution in [3.63, 3.8) is 0 Å². The smallest absolute Gasteiger partial charge is 0.225 e. The largest absolute Gasteiger partial charge is 0.381 e. The van der Waals surface area contributed by atoms with E-state index in [-0.39, 0.29) is 5.92 Å². The molecule has 2 aliphatic heterocycles. The molecule has 18 heavy (non-hydrogen) atoms. The maximum absolute atomic E-state index is 12.4. The molecular weight excluding hydrogens is 228 g/mol. The van der Waals surface area contributed by atoms with Gasteiger partial charge in [0.15, 0.2) is 0 Å². The highest BCUT2D eigenvalue weighted by atomic mass is 16.5. The first-order valence-electron chi connectivity index (χ1n) is 7.23. The summed E-state index contributed by atoms with van der Waals surface area (Å²) < 4.78 is 5.48. The van der Waals surface area contributed by atoms with Crippen molar-refractivity contribution in [2.75, 3.05) is 33.4 Å². The van der Waals surface area contributed by atoms with Gasteiger partial charge in [-0.15, -0.1) is 0 Å². The Morgan fingerprint density at radius 3 is 2.94 bits per heavy atom. The van der Waals surface area contributed by atoms with Gasteiger partial charge in [-0.3, -0.25) is 4.79 Å². The minimum absolute atomic E-state index is 0.218. The number of carbonyl (C=O) groups excluding carboxylic acids is 1. The van der Waals surface area contributed by atoms with Crippen LogP contribution >= 0.6 is 0 Å². The third-order valence-corrected chi connectivity index (χ3v) is 4.14. The summed E-state index contributed by atoms with van der Waals surface area (Å²) >= 11 is 0. The van der Waals surface area contributed by atoms with E-state index in [1.165, 1.54) is 6.42 Å². The minimum Gasteiger partial charge on any atom is -0.381 e. The fraction of sp³-hybridized carbons (Fsp3) is 0.929. The SMILES string of the molecule is C[C@H]1C[C@@H](C(=O)N(C)CC2CCCOC2)CCN1. The summed E-state index contributed by atoms with van der Waals surface area (Å²) in [6.45, 7) is 5.70. The summed E-state index contributed by atoms with van der Waals surface area (Å²) in [5, 5.41) is 3.40. The summed E-state index contributed by atoms with van der Waals surface area (Å²) in [7, 11) is 1.95. The van der Waals surface area contributed by atoms with Crippen molar-refractivity contribution in [2.24, 2.45) is 11.8 Å². The molecule has 2 aliphatic rings. The van der Waals surface area contributed by atoms with Crippen LogP contribution in [0.5, 0.6) is 0 Å². The predicted octanol–water partition coefficient (Wildman–Crippen LogP) is 1.26. The predicted molar refractivity (Wildman–Crippen MR) is 71.4 cm³/mol. The first-order chi connectivity index (χ1) is 8.66. The molecule has 2 saturated heterocycles. The van der Waals surface area contributed by atoms with Gasteiger partial charge in [-0.05, 0) is 45.1 Å². The second-order valence-corrected chi connectivity index (χ2v) is 5.88. The molecule has 0 aromatic carbocycles. The molecule has 0 radical (unpaired) electrons. The average molecular weight is 254 g/mol. The van der Waals surface area contributed by atoms with E-state index >= 15 is 0 Å². The van der Waals surface area contributed by atoms with E-state index in [2.05, 4.69) is 12.2 Å². The minimum atomic E-state index is 0.218. The molecule has 2 heterocycles. The third kappa shape index (κ3) is 3.69. The number of carbonyl (C=O) groups is 1. The van der Waals surface area contributed by atoms with Crippen LogP contribution in [0.2, 0.25) is 0 Å². The van der Waals surface area contributed by atoms with Gasteiger partial charge >= 0.3 is 0 Å². The molecule has 4 heteroatoms. The standard InChI is InChI=1S/C14H26N2O2/c1-11-8-13(5-6-15-11)14(17)16(2)9-12-4-3-7-18-10-12/h11-13,15H,3-10H2,1-2H3/t11-,12?,13-/m0/s1. The van der Waals surface area contributed by atoms with Crippen molar-refractivity contribution in [3.8, 4) is 0 Å². The average Bonchev–Trinajstić information content (AvgIpc) is 2.39. The highest BCUT2D eigenvalue weighted by molar-refractivity contribution is 5.78. The van der Waals surface area contributed by atoms with E-state index in [0.29, 0.717) is 17.9 Å². The first kappa shape index (κ1) is 13.8. The van der Waals surface area contributed by atoms with Crippen molar-refractivity contribution < 1.29 is 9.53 Å². The van der Waals surface area contributed by atoms with Gasteiger partial charge < -0.3 is 15.0 Å². The molecular formula is C14H26N2O2. The summed E-state index contributed by atoms with van der Waals surface area (Å²) in [4.78, 5) is 14.3. The molecule has 0 aliphatic carbocycles. The zero-order chi connectivity index (χ0) is 13.0. The monoisotopic (exact) mass is 254 g/mol. The molecule has 0 aromatic heterocycles. The highest BCUT2D eigenvalue weighted by Crippen LogP contribution is 2.20. The van der Waals surface area contributed by atoms with Crippen LogP contribution in [0.4, 0.5) is 0 Å². The summed E-state index contributed by atoms with van der Waals surface area (Å²) in [6, 6.07) is 0.471. The maximum atomic E-state index is 12.4. The van der Waals surface area contributed by atoms with E-state index in [0.717, 1.165) is 45.6 Å². The number of nitrogens with zero attached hydrogens (tertiary/aromatic N) is 1. The van der Waals surface area contributed by atoms with Gasteiger partial charge in [-0.2, -0.15) is 0 Å². The van der Waals surface area contributed by atoms with Gasteiger partial charge in [0.1, 0.15) is 0 Å². The van der Waals surface area contributed by atoms with Gasteiger partial charge in [0.05, 0.1) is 6.61 Å². The second-order valence-electron chi connectivity index (χ2n) is 5.88. The highest BCUT2D eigenvalue weighted by Gasteiger charge is 2.28. The number of rotatable bonds is 3. The molecule has 2 fully saturated rings. The number of hydrogen-bond acceptors (Lipinski definition) is 3. The lowest BCUT2D eigenvalue weighted by molar-refractivity contribution is -0.136. The Morgan fingerprint density at radius 1 is 1.44 bits per heavy atom. The zero-order valence-electron chi connectivity index (χ0n) is 11.7. The molecule has 4 nitrogen and oxygen atoms in total. The quantitative estimate of drug-likeness (QED) is 0.824. The lowest BCUT2D eigenvalue weighted by atomic mass is 9.91. The normalized spacial score (nSPS) is 33.1. The Bertz CT molecular complexity index is 277. The van der Waals surface area contributed by atoms with E-state index in [4.69, 9.17) is 4.74 Å². The molecule has 1 unspecified atom stereocenters. The Morgan fingerprint density at radius 2 is 2.28 bits per heavy atom. The zero-order valence-corrected chi connectivity index (χ0v) is 11.7. The Kier molecular flexibility index (Phi) is 5.01. The van der Waals surface area contributed by atoms with Crippen LogP contribution in [0.3, 0.4) is 0 Å². The molecule has 0 saturated carbocycles. The number of ether oxygens (including phenoxy) is 1. The lowest BCUT2D eigenvalue weighted by Gasteiger charge is -2.32. The summed E-state index contributed by atoms with van der Waals surface area (Å²) in [5.41, 5.74) is 0. The second kappa shape index (κ2) is 6.53. The third-order valence-electron chi connectivity index (χ3n) is 4.14. The summed E-state index contributed by atoms with van der Waals surface area (Å²) in [5.74, 6) is 1.08. The van der Waals surface area contributed by atoms with Crippen LogP contribution in [-0.2, 0) is 9.53 Å². The van der Waals surface area contributed by atoms with Gasteiger partial charge in [0.2, 0.25) is 5.91 Å². The van der Waals surface area contributed by atoms with E-state index < -0.39 is 0 Å². The molecule has 0 bridgehead atoms. The van der Waals surface area contributed by atoms with Crippen LogP contribution in [0.1, 0.15) is 32.6 Å². The molecule has 104 valence electrons. The van der Waals surface area contributed by atoms with Gasteiger partial charge in [-0.1, -0.05) is 0 Å². The van der Waals surface area contributed by atoms with E-state index in [9.17, 15) is 4.79 Å². The first-order valence-corrected chi connectivity index (χ1v) is 7.23. The fourth-order valence-electron chi connectivity index (χ4n) is 3.10. The number of hydrogen-bond donors (Lipinski definition) is 1. The molecule has 1 N–H and O–H groups in total. The van der Waals surface area contributed by atoms with Crippen molar-refractivity contribution in [1.82, 2.24) is 10.2 Å². The van der Waals surface area contributed by atoms with Crippen LogP contribution < -0.4 is 5.32 Å². The van der Waals surface area contributed by atoms with Crippen LogP contribution in [0, 0.1) is 11.8 Å². The van der Waals surface area contributed by atoms with Crippen molar-refractivity contribution >= 4 is 5.91 Å². The summed E-state index contributed by atoms with van der Waals surface area (Å²) in [6.07, 6.45) is 4.29. The molecule has 1 amide bonds. The fourth-order valence-corrected chi connectivity index (χ4v) is 3.10. The van der Waals surface area contributed by atoms with Crippen LogP contribution in [0.25, 0.3) is 0 Å². The van der Waals surface area contributed by atoms with E-state index in [1.54, 1.807) is 0 Å². The topological polar surface area (TPSA) is 41.6 Å². The number of amides is 1. The Labute approximate surface area is 110 Å². The number of nitrogens with one attached hydrogen (secondary N) is 1. The Balaban J connectivity index is 1.79.